The van der Waals surface area contributed by atoms with Crippen molar-refractivity contribution in [3.8, 4) is 11.5 Å². The van der Waals surface area contributed by atoms with E-state index in [9.17, 15) is 9.59 Å². The SMILES string of the molecule is O=C1CCN(C(=O)Cc2ccc3c(c2)OCO3)CC1. The molecule has 1 aromatic carbocycles. The summed E-state index contributed by atoms with van der Waals surface area (Å²) in [5.74, 6) is 1.72. The summed E-state index contributed by atoms with van der Waals surface area (Å²) < 4.78 is 10.5. The van der Waals surface area contributed by atoms with Gasteiger partial charge in [0.15, 0.2) is 11.5 Å². The first-order valence-electron chi connectivity index (χ1n) is 6.40. The fraction of sp³-hybridized carbons (Fsp3) is 0.429. The number of benzene rings is 1. The van der Waals surface area contributed by atoms with Gasteiger partial charge in [0.2, 0.25) is 12.7 Å². The summed E-state index contributed by atoms with van der Waals surface area (Å²) in [6.07, 6.45) is 1.30. The number of likely N-dealkylation sites (tertiary alicyclic amines) is 1. The third-order valence-corrected chi connectivity index (χ3v) is 3.47. The first kappa shape index (κ1) is 12.0. The number of carbonyl (C=O) groups is 2. The molecule has 0 N–H and O–H groups in total. The maximum absolute atomic E-state index is 12.1. The van der Waals surface area contributed by atoms with Gasteiger partial charge in [0.05, 0.1) is 6.42 Å². The highest BCUT2D eigenvalue weighted by Gasteiger charge is 2.21. The summed E-state index contributed by atoms with van der Waals surface area (Å²) >= 11 is 0. The zero-order valence-electron chi connectivity index (χ0n) is 10.6. The summed E-state index contributed by atoms with van der Waals surface area (Å²) in [7, 11) is 0. The minimum Gasteiger partial charge on any atom is -0.454 e. The van der Waals surface area contributed by atoms with Crippen molar-refractivity contribution in [2.45, 2.75) is 19.3 Å². The molecule has 2 aliphatic rings. The van der Waals surface area contributed by atoms with Crippen molar-refractivity contribution in [3.63, 3.8) is 0 Å². The second-order valence-corrected chi connectivity index (χ2v) is 4.78. The van der Waals surface area contributed by atoms with Gasteiger partial charge in [0.1, 0.15) is 5.78 Å². The van der Waals surface area contributed by atoms with Gasteiger partial charge in [-0.25, -0.2) is 0 Å². The quantitative estimate of drug-likeness (QED) is 0.801. The van der Waals surface area contributed by atoms with Gasteiger partial charge in [0, 0.05) is 25.9 Å². The molecule has 5 heteroatoms. The molecule has 0 aromatic heterocycles. The van der Waals surface area contributed by atoms with Crippen LogP contribution in [0, 0.1) is 0 Å². The van der Waals surface area contributed by atoms with Crippen LogP contribution in [0.15, 0.2) is 18.2 Å². The number of carbonyl (C=O) groups excluding carboxylic acids is 2. The number of hydrogen-bond acceptors (Lipinski definition) is 4. The number of hydrogen-bond donors (Lipinski definition) is 0. The van der Waals surface area contributed by atoms with Crippen LogP contribution in [-0.2, 0) is 16.0 Å². The number of piperidine rings is 1. The van der Waals surface area contributed by atoms with Gasteiger partial charge in [0.25, 0.3) is 0 Å². The normalized spacial score (nSPS) is 17.7. The van der Waals surface area contributed by atoms with Crippen LogP contribution in [0.5, 0.6) is 11.5 Å². The molecule has 1 saturated heterocycles. The molecule has 1 aromatic rings. The van der Waals surface area contributed by atoms with Crippen molar-refractivity contribution < 1.29 is 19.1 Å². The summed E-state index contributed by atoms with van der Waals surface area (Å²) in [5, 5.41) is 0. The van der Waals surface area contributed by atoms with E-state index in [0.29, 0.717) is 38.1 Å². The zero-order valence-corrected chi connectivity index (χ0v) is 10.6. The lowest BCUT2D eigenvalue weighted by atomic mass is 10.1. The van der Waals surface area contributed by atoms with Gasteiger partial charge >= 0.3 is 0 Å². The highest BCUT2D eigenvalue weighted by Crippen LogP contribution is 2.32. The van der Waals surface area contributed by atoms with Crippen LogP contribution in [0.3, 0.4) is 0 Å². The van der Waals surface area contributed by atoms with E-state index in [2.05, 4.69) is 0 Å². The van der Waals surface area contributed by atoms with Gasteiger partial charge < -0.3 is 14.4 Å². The first-order chi connectivity index (χ1) is 9.22. The van der Waals surface area contributed by atoms with E-state index in [1.54, 1.807) is 4.90 Å². The van der Waals surface area contributed by atoms with E-state index in [-0.39, 0.29) is 18.5 Å². The minimum atomic E-state index is 0.0614. The molecule has 1 amide bonds. The van der Waals surface area contributed by atoms with Crippen molar-refractivity contribution >= 4 is 11.7 Å². The van der Waals surface area contributed by atoms with Gasteiger partial charge in [-0.15, -0.1) is 0 Å². The Bertz CT molecular complexity index is 516. The molecule has 0 spiro atoms. The monoisotopic (exact) mass is 261 g/mol. The van der Waals surface area contributed by atoms with Crippen molar-refractivity contribution in [3.05, 3.63) is 23.8 Å². The molecule has 0 bridgehead atoms. The number of fused-ring (bicyclic) bond motifs is 1. The highest BCUT2D eigenvalue weighted by molar-refractivity contribution is 5.84. The standard InChI is InChI=1S/C14H15NO4/c16-11-3-5-15(6-4-11)14(17)8-10-1-2-12-13(7-10)19-9-18-12/h1-2,7H,3-6,8-9H2. The lowest BCUT2D eigenvalue weighted by Crippen LogP contribution is -2.39. The molecule has 0 radical (unpaired) electrons. The second kappa shape index (κ2) is 4.91. The Labute approximate surface area is 111 Å². The number of Topliss-reactive ketones (excluding diaryl/α,β-unsaturated/α-hetero) is 1. The van der Waals surface area contributed by atoms with E-state index in [1.807, 2.05) is 18.2 Å². The van der Waals surface area contributed by atoms with Crippen LogP contribution < -0.4 is 9.47 Å². The molecule has 0 aliphatic carbocycles. The molecule has 19 heavy (non-hydrogen) atoms. The smallest absolute Gasteiger partial charge is 0.231 e. The third kappa shape index (κ3) is 2.54. The Morgan fingerprint density at radius 3 is 2.68 bits per heavy atom. The molecular weight excluding hydrogens is 246 g/mol. The fourth-order valence-corrected chi connectivity index (χ4v) is 2.34. The Morgan fingerprint density at radius 1 is 1.16 bits per heavy atom. The van der Waals surface area contributed by atoms with Gasteiger partial charge in [-0.1, -0.05) is 6.07 Å². The third-order valence-electron chi connectivity index (χ3n) is 3.47. The van der Waals surface area contributed by atoms with E-state index >= 15 is 0 Å². The van der Waals surface area contributed by atoms with Crippen LogP contribution in [-0.4, -0.2) is 36.5 Å². The summed E-state index contributed by atoms with van der Waals surface area (Å²) in [5.41, 5.74) is 0.908. The number of ketones is 1. The predicted molar refractivity (Wildman–Crippen MR) is 67.1 cm³/mol. The number of nitrogens with zero attached hydrogens (tertiary/aromatic N) is 1. The predicted octanol–water partition coefficient (Wildman–Crippen LogP) is 1.15. The van der Waals surface area contributed by atoms with Crippen LogP contribution in [0.1, 0.15) is 18.4 Å². The number of rotatable bonds is 2. The van der Waals surface area contributed by atoms with Crippen molar-refractivity contribution in [1.82, 2.24) is 4.90 Å². The summed E-state index contributed by atoms with van der Waals surface area (Å²) in [6.45, 7) is 1.32. The Kier molecular flexibility index (Phi) is 3.11. The summed E-state index contributed by atoms with van der Waals surface area (Å²) in [4.78, 5) is 25.0. The Hall–Kier alpha value is -2.04. The fourth-order valence-electron chi connectivity index (χ4n) is 2.34. The number of ether oxygens (including phenoxy) is 2. The minimum absolute atomic E-state index is 0.0614. The summed E-state index contributed by atoms with van der Waals surface area (Å²) in [6, 6.07) is 5.54. The molecule has 5 nitrogen and oxygen atoms in total. The van der Waals surface area contributed by atoms with Gasteiger partial charge in [-0.3, -0.25) is 9.59 Å². The second-order valence-electron chi connectivity index (χ2n) is 4.78. The van der Waals surface area contributed by atoms with Crippen LogP contribution in [0.25, 0.3) is 0 Å². The number of amides is 1. The highest BCUT2D eigenvalue weighted by atomic mass is 16.7. The van der Waals surface area contributed by atoms with Crippen molar-refractivity contribution in [1.29, 1.82) is 0 Å². The topological polar surface area (TPSA) is 55.8 Å². The average Bonchev–Trinajstić information content (AvgIpc) is 2.87. The molecule has 100 valence electrons. The van der Waals surface area contributed by atoms with E-state index in [0.717, 1.165) is 11.3 Å². The molecule has 2 heterocycles. The lowest BCUT2D eigenvalue weighted by Gasteiger charge is -2.26. The van der Waals surface area contributed by atoms with Crippen LogP contribution in [0.4, 0.5) is 0 Å². The Morgan fingerprint density at radius 2 is 1.89 bits per heavy atom. The molecule has 2 aliphatic heterocycles. The maximum atomic E-state index is 12.1. The van der Waals surface area contributed by atoms with Crippen LogP contribution in [0.2, 0.25) is 0 Å². The van der Waals surface area contributed by atoms with E-state index in [1.165, 1.54) is 0 Å². The molecule has 1 fully saturated rings. The molecule has 0 saturated carbocycles. The largest absolute Gasteiger partial charge is 0.454 e. The van der Waals surface area contributed by atoms with Crippen molar-refractivity contribution in [2.24, 2.45) is 0 Å². The first-order valence-corrected chi connectivity index (χ1v) is 6.40. The lowest BCUT2D eigenvalue weighted by molar-refractivity contribution is -0.133. The zero-order chi connectivity index (χ0) is 13.2. The molecule has 0 unspecified atom stereocenters. The van der Waals surface area contributed by atoms with E-state index < -0.39 is 0 Å². The van der Waals surface area contributed by atoms with Gasteiger partial charge in [-0.2, -0.15) is 0 Å². The maximum Gasteiger partial charge on any atom is 0.231 e. The van der Waals surface area contributed by atoms with Crippen molar-refractivity contribution in [2.75, 3.05) is 19.9 Å². The molecule has 0 atom stereocenters. The van der Waals surface area contributed by atoms with Gasteiger partial charge in [-0.05, 0) is 17.7 Å². The Balaban J connectivity index is 1.64. The average molecular weight is 261 g/mol. The van der Waals surface area contributed by atoms with Crippen LogP contribution >= 0.6 is 0 Å². The molecular formula is C14H15NO4. The van der Waals surface area contributed by atoms with E-state index in [4.69, 9.17) is 9.47 Å². The molecule has 3 rings (SSSR count).